The van der Waals surface area contributed by atoms with E-state index in [1.54, 1.807) is 13.8 Å². The van der Waals surface area contributed by atoms with Crippen LogP contribution >= 0.6 is 0 Å². The maximum atomic E-state index is 12.9. The largest absolute Gasteiger partial charge is 0.468 e. The summed E-state index contributed by atoms with van der Waals surface area (Å²) in [5.74, 6) is 0.141. The average molecular weight is 330 g/mol. The summed E-state index contributed by atoms with van der Waals surface area (Å²) in [5, 5.41) is 2.72. The first-order valence-electron chi connectivity index (χ1n) is 7.39. The van der Waals surface area contributed by atoms with E-state index < -0.39 is 10.0 Å². The third-order valence-corrected chi connectivity index (χ3v) is 5.11. The Morgan fingerprint density at radius 1 is 1.27 bits per heavy atom. The van der Waals surface area contributed by atoms with Gasteiger partial charge >= 0.3 is 0 Å². The Hall–Kier alpha value is -1.34. The summed E-state index contributed by atoms with van der Waals surface area (Å²) in [6.45, 7) is 10.9. The van der Waals surface area contributed by atoms with Crippen molar-refractivity contribution in [1.29, 1.82) is 0 Å². The molecule has 1 N–H and O–H groups in total. The van der Waals surface area contributed by atoms with E-state index in [1.165, 1.54) is 10.6 Å². The maximum Gasteiger partial charge on any atom is 0.247 e. The number of aryl methyl sites for hydroxylation is 2. The first-order chi connectivity index (χ1) is 10.1. The average Bonchev–Trinajstić information content (AvgIpc) is 2.66. The summed E-state index contributed by atoms with van der Waals surface area (Å²) in [4.78, 5) is 12.1. The van der Waals surface area contributed by atoms with Gasteiger partial charge in [-0.3, -0.25) is 4.79 Å². The molecule has 7 heteroatoms. The van der Waals surface area contributed by atoms with Gasteiger partial charge in [0.25, 0.3) is 0 Å². The lowest BCUT2D eigenvalue weighted by molar-refractivity contribution is -0.121. The van der Waals surface area contributed by atoms with Crippen LogP contribution in [0.4, 0.5) is 0 Å². The molecule has 1 rings (SSSR count). The zero-order valence-corrected chi connectivity index (χ0v) is 15.0. The summed E-state index contributed by atoms with van der Waals surface area (Å²) < 4.78 is 32.2. The smallest absolute Gasteiger partial charge is 0.247 e. The van der Waals surface area contributed by atoms with Crippen molar-refractivity contribution in [3.05, 3.63) is 17.6 Å². The van der Waals surface area contributed by atoms with Crippen molar-refractivity contribution in [2.45, 2.75) is 52.5 Å². The standard InChI is InChI=1S/C15H26N2O4S/c1-10(2)7-17(8-14(18)16-11(3)4)22(19,20)15-12(5)9-21-13(15)6/h9-11H,7-8H2,1-6H3,(H,16,18). The van der Waals surface area contributed by atoms with Crippen molar-refractivity contribution in [2.75, 3.05) is 13.1 Å². The molecule has 0 saturated carbocycles. The fraction of sp³-hybridized carbons (Fsp3) is 0.667. The van der Waals surface area contributed by atoms with Crippen molar-refractivity contribution in [3.8, 4) is 0 Å². The number of amides is 1. The van der Waals surface area contributed by atoms with E-state index in [0.717, 1.165) is 0 Å². The number of rotatable bonds is 7. The highest BCUT2D eigenvalue weighted by Crippen LogP contribution is 2.25. The Labute approximate surface area is 132 Å². The van der Waals surface area contributed by atoms with Crippen LogP contribution in [-0.2, 0) is 14.8 Å². The fourth-order valence-electron chi connectivity index (χ4n) is 2.26. The Morgan fingerprint density at radius 3 is 2.27 bits per heavy atom. The van der Waals surface area contributed by atoms with Gasteiger partial charge in [-0.2, -0.15) is 4.31 Å². The van der Waals surface area contributed by atoms with Crippen LogP contribution in [0, 0.1) is 19.8 Å². The monoisotopic (exact) mass is 330 g/mol. The molecule has 1 heterocycles. The van der Waals surface area contributed by atoms with Gasteiger partial charge in [-0.1, -0.05) is 13.8 Å². The third kappa shape index (κ3) is 4.58. The maximum absolute atomic E-state index is 12.9. The van der Waals surface area contributed by atoms with Gasteiger partial charge < -0.3 is 9.73 Å². The highest BCUT2D eigenvalue weighted by atomic mass is 32.2. The fourth-order valence-corrected chi connectivity index (χ4v) is 4.16. The minimum atomic E-state index is -3.77. The van der Waals surface area contributed by atoms with Crippen molar-refractivity contribution >= 4 is 15.9 Å². The number of sulfonamides is 1. The van der Waals surface area contributed by atoms with Gasteiger partial charge in [0.05, 0.1) is 12.8 Å². The predicted octanol–water partition coefficient (Wildman–Crippen LogP) is 2.07. The van der Waals surface area contributed by atoms with E-state index in [0.29, 0.717) is 11.3 Å². The quantitative estimate of drug-likeness (QED) is 0.830. The molecule has 1 aromatic rings. The second-order valence-electron chi connectivity index (χ2n) is 6.22. The number of hydrogen-bond donors (Lipinski definition) is 1. The Bertz CT molecular complexity index is 598. The number of hydrogen-bond acceptors (Lipinski definition) is 4. The number of nitrogens with one attached hydrogen (secondary N) is 1. The van der Waals surface area contributed by atoms with Crippen molar-refractivity contribution in [2.24, 2.45) is 5.92 Å². The van der Waals surface area contributed by atoms with Crippen LogP contribution < -0.4 is 5.32 Å². The van der Waals surface area contributed by atoms with E-state index >= 15 is 0 Å². The summed E-state index contributed by atoms with van der Waals surface area (Å²) in [5.41, 5.74) is 0.551. The summed E-state index contributed by atoms with van der Waals surface area (Å²) in [6.07, 6.45) is 1.42. The molecule has 22 heavy (non-hydrogen) atoms. The van der Waals surface area contributed by atoms with Crippen LogP contribution in [0.15, 0.2) is 15.6 Å². The molecule has 0 aromatic carbocycles. The van der Waals surface area contributed by atoms with Crippen LogP contribution in [0.1, 0.15) is 39.0 Å². The van der Waals surface area contributed by atoms with Gasteiger partial charge in [-0.25, -0.2) is 8.42 Å². The Kier molecular flexibility index (Phi) is 6.19. The van der Waals surface area contributed by atoms with E-state index in [4.69, 9.17) is 4.42 Å². The van der Waals surface area contributed by atoms with Crippen LogP contribution in [0.25, 0.3) is 0 Å². The lowest BCUT2D eigenvalue weighted by Crippen LogP contribution is -2.44. The molecule has 0 radical (unpaired) electrons. The van der Waals surface area contributed by atoms with Gasteiger partial charge in [-0.05, 0) is 33.6 Å². The minimum Gasteiger partial charge on any atom is -0.468 e. The van der Waals surface area contributed by atoms with Gasteiger partial charge in [-0.15, -0.1) is 0 Å². The third-order valence-electron chi connectivity index (χ3n) is 3.03. The molecule has 1 amide bonds. The van der Waals surface area contributed by atoms with Gasteiger partial charge in [0.2, 0.25) is 15.9 Å². The first-order valence-corrected chi connectivity index (χ1v) is 8.84. The summed E-state index contributed by atoms with van der Waals surface area (Å²) in [6, 6.07) is -0.0338. The molecule has 0 saturated heterocycles. The number of nitrogens with zero attached hydrogens (tertiary/aromatic N) is 1. The molecule has 0 atom stereocenters. The SMILES string of the molecule is Cc1coc(C)c1S(=O)(=O)N(CC(=O)NC(C)C)CC(C)C. The van der Waals surface area contributed by atoms with Crippen molar-refractivity contribution in [3.63, 3.8) is 0 Å². The van der Waals surface area contributed by atoms with E-state index in [9.17, 15) is 13.2 Å². The van der Waals surface area contributed by atoms with E-state index in [2.05, 4.69) is 5.32 Å². The highest BCUT2D eigenvalue weighted by molar-refractivity contribution is 7.89. The number of carbonyl (C=O) groups excluding carboxylic acids is 1. The van der Waals surface area contributed by atoms with Crippen molar-refractivity contribution in [1.82, 2.24) is 9.62 Å². The molecule has 0 unspecified atom stereocenters. The van der Waals surface area contributed by atoms with Crippen LogP contribution in [0.5, 0.6) is 0 Å². The first kappa shape index (κ1) is 18.7. The Morgan fingerprint density at radius 2 is 1.86 bits per heavy atom. The Balaban J connectivity index is 3.13. The van der Waals surface area contributed by atoms with Gasteiger partial charge in [0.1, 0.15) is 10.7 Å². The molecule has 6 nitrogen and oxygen atoms in total. The molecule has 0 aliphatic heterocycles. The van der Waals surface area contributed by atoms with Crippen LogP contribution in [-0.4, -0.2) is 37.8 Å². The van der Waals surface area contributed by atoms with E-state index in [1.807, 2.05) is 27.7 Å². The zero-order valence-electron chi connectivity index (χ0n) is 14.1. The second-order valence-corrected chi connectivity index (χ2v) is 8.09. The molecule has 0 fully saturated rings. The summed E-state index contributed by atoms with van der Waals surface area (Å²) >= 11 is 0. The van der Waals surface area contributed by atoms with Crippen LogP contribution in [0.3, 0.4) is 0 Å². The normalized spacial score (nSPS) is 12.4. The minimum absolute atomic E-state index is 0.0338. The topological polar surface area (TPSA) is 79.6 Å². The lowest BCUT2D eigenvalue weighted by atomic mass is 10.2. The molecular formula is C15H26N2O4S. The molecule has 0 aliphatic carbocycles. The molecule has 0 bridgehead atoms. The molecule has 1 aromatic heterocycles. The van der Waals surface area contributed by atoms with Gasteiger partial charge in [0.15, 0.2) is 0 Å². The van der Waals surface area contributed by atoms with Gasteiger partial charge in [0, 0.05) is 18.2 Å². The second kappa shape index (κ2) is 7.28. The highest BCUT2D eigenvalue weighted by Gasteiger charge is 2.31. The number of carbonyl (C=O) groups is 1. The predicted molar refractivity (Wildman–Crippen MR) is 85.1 cm³/mol. The molecular weight excluding hydrogens is 304 g/mol. The molecule has 0 aliphatic rings. The number of furan rings is 1. The van der Waals surface area contributed by atoms with E-state index in [-0.39, 0.29) is 35.9 Å². The molecule has 0 spiro atoms. The zero-order chi connectivity index (χ0) is 17.1. The summed E-state index contributed by atoms with van der Waals surface area (Å²) in [7, 11) is -3.77. The lowest BCUT2D eigenvalue weighted by Gasteiger charge is -2.24. The van der Waals surface area contributed by atoms with Crippen LogP contribution in [0.2, 0.25) is 0 Å². The molecule has 126 valence electrons. The van der Waals surface area contributed by atoms with Crippen molar-refractivity contribution < 1.29 is 17.6 Å².